The zero-order valence-electron chi connectivity index (χ0n) is 10.6. The summed E-state index contributed by atoms with van der Waals surface area (Å²) in [6.07, 6.45) is 8.25. The summed E-state index contributed by atoms with van der Waals surface area (Å²) in [7, 11) is 0. The number of rotatable bonds is 5. The van der Waals surface area contributed by atoms with E-state index in [2.05, 4.69) is 18.2 Å². The summed E-state index contributed by atoms with van der Waals surface area (Å²) in [5.74, 6) is 3.31. The van der Waals surface area contributed by atoms with E-state index in [9.17, 15) is 4.39 Å². The maximum atomic E-state index is 13.1. The van der Waals surface area contributed by atoms with Crippen LogP contribution in [0, 0.1) is 18.2 Å². The van der Waals surface area contributed by atoms with Crippen molar-refractivity contribution in [1.29, 1.82) is 0 Å². The quantitative estimate of drug-likeness (QED) is 0.807. The van der Waals surface area contributed by atoms with Crippen molar-refractivity contribution in [3.05, 3.63) is 29.6 Å². The van der Waals surface area contributed by atoms with Crippen LogP contribution in [-0.2, 0) is 6.42 Å². The maximum absolute atomic E-state index is 13.1. The summed E-state index contributed by atoms with van der Waals surface area (Å²) in [5.41, 5.74) is 0.939. The molecule has 1 aliphatic rings. The van der Waals surface area contributed by atoms with Crippen LogP contribution in [-0.4, -0.2) is 18.7 Å². The minimum atomic E-state index is -0.210. The van der Waals surface area contributed by atoms with Crippen LogP contribution in [0.3, 0.4) is 0 Å². The highest BCUT2D eigenvalue weighted by molar-refractivity contribution is 5.37. The summed E-state index contributed by atoms with van der Waals surface area (Å²) in [5, 5.41) is 3.31. The molecule has 0 bridgehead atoms. The molecule has 1 heterocycles. The van der Waals surface area contributed by atoms with E-state index < -0.39 is 0 Å². The fraction of sp³-hybridized carbons (Fsp3) is 0.467. The zero-order chi connectivity index (χ0) is 13.0. The van der Waals surface area contributed by atoms with Crippen molar-refractivity contribution >= 4 is 0 Å². The minimum Gasteiger partial charge on any atom is -0.488 e. The first kappa shape index (κ1) is 12.9. The molecular formula is C15H18FNO. The minimum absolute atomic E-state index is 0.0505. The third-order valence-corrected chi connectivity index (χ3v) is 3.13. The van der Waals surface area contributed by atoms with E-state index in [1.807, 2.05) is 0 Å². The molecule has 0 radical (unpaired) electrons. The van der Waals surface area contributed by atoms with Gasteiger partial charge in [0.2, 0.25) is 0 Å². The zero-order valence-corrected chi connectivity index (χ0v) is 10.6. The molecule has 2 rings (SSSR count). The van der Waals surface area contributed by atoms with E-state index >= 15 is 0 Å². The van der Waals surface area contributed by atoms with Crippen LogP contribution in [0.1, 0.15) is 25.3 Å². The second kappa shape index (κ2) is 5.88. The van der Waals surface area contributed by atoms with Gasteiger partial charge in [-0.15, -0.1) is 6.42 Å². The normalized spacial score (nSPS) is 18.8. The number of halogens is 1. The van der Waals surface area contributed by atoms with Crippen molar-refractivity contribution in [3.8, 4) is 18.1 Å². The molecule has 1 aliphatic heterocycles. The Morgan fingerprint density at radius 2 is 2.44 bits per heavy atom. The smallest absolute Gasteiger partial charge is 0.123 e. The van der Waals surface area contributed by atoms with Gasteiger partial charge in [-0.25, -0.2) is 4.39 Å². The molecule has 1 aromatic rings. The molecule has 0 fully saturated rings. The third-order valence-electron chi connectivity index (χ3n) is 3.13. The van der Waals surface area contributed by atoms with Crippen molar-refractivity contribution in [2.75, 3.05) is 6.54 Å². The third kappa shape index (κ3) is 3.02. The Morgan fingerprint density at radius 1 is 1.61 bits per heavy atom. The fourth-order valence-electron chi connectivity index (χ4n) is 2.21. The second-order valence-electron chi connectivity index (χ2n) is 4.61. The van der Waals surface area contributed by atoms with Crippen LogP contribution in [0.15, 0.2) is 18.2 Å². The van der Waals surface area contributed by atoms with Gasteiger partial charge in [0.15, 0.2) is 0 Å². The fourth-order valence-corrected chi connectivity index (χ4v) is 2.21. The van der Waals surface area contributed by atoms with Crippen LogP contribution in [0.5, 0.6) is 5.75 Å². The summed E-state index contributed by atoms with van der Waals surface area (Å²) in [6.45, 7) is 2.81. The number of benzene rings is 1. The molecule has 0 saturated heterocycles. The summed E-state index contributed by atoms with van der Waals surface area (Å²) in [4.78, 5) is 0. The molecule has 1 N–H and O–H groups in total. The van der Waals surface area contributed by atoms with Gasteiger partial charge in [0.25, 0.3) is 0 Å². The predicted octanol–water partition coefficient (Wildman–Crippen LogP) is 2.52. The summed E-state index contributed by atoms with van der Waals surface area (Å²) < 4.78 is 18.8. The van der Waals surface area contributed by atoms with Gasteiger partial charge in [0.05, 0.1) is 6.04 Å². The molecular weight excluding hydrogens is 229 g/mol. The van der Waals surface area contributed by atoms with Crippen molar-refractivity contribution in [2.24, 2.45) is 0 Å². The highest BCUT2D eigenvalue weighted by Gasteiger charge is 2.23. The van der Waals surface area contributed by atoms with Crippen molar-refractivity contribution in [1.82, 2.24) is 5.32 Å². The van der Waals surface area contributed by atoms with Gasteiger partial charge in [0.1, 0.15) is 17.7 Å². The lowest BCUT2D eigenvalue weighted by Crippen LogP contribution is -2.36. The molecule has 0 aromatic heterocycles. The highest BCUT2D eigenvalue weighted by Crippen LogP contribution is 2.28. The van der Waals surface area contributed by atoms with Crippen molar-refractivity contribution in [3.63, 3.8) is 0 Å². The van der Waals surface area contributed by atoms with E-state index in [-0.39, 0.29) is 18.0 Å². The molecule has 0 spiro atoms. The van der Waals surface area contributed by atoms with E-state index in [0.717, 1.165) is 30.6 Å². The molecule has 96 valence electrons. The summed E-state index contributed by atoms with van der Waals surface area (Å²) >= 11 is 0. The lowest BCUT2D eigenvalue weighted by Gasteiger charge is -2.16. The molecule has 1 aromatic carbocycles. The molecule has 0 saturated carbocycles. The second-order valence-corrected chi connectivity index (χ2v) is 4.61. The standard InChI is InChI=1S/C15H18FNO/c1-3-5-13(4-2)17-10-14-9-11-8-12(16)6-7-15(11)18-14/h2,6-8,13-14,17H,3,5,9-10H2,1H3. The Hall–Kier alpha value is -1.53. The number of hydrogen-bond donors (Lipinski definition) is 1. The van der Waals surface area contributed by atoms with Gasteiger partial charge < -0.3 is 4.74 Å². The van der Waals surface area contributed by atoms with Crippen LogP contribution < -0.4 is 10.1 Å². The number of ether oxygens (including phenoxy) is 1. The van der Waals surface area contributed by atoms with E-state index in [0.29, 0.717) is 6.54 Å². The average Bonchev–Trinajstić information content (AvgIpc) is 2.76. The van der Waals surface area contributed by atoms with Crippen LogP contribution in [0.4, 0.5) is 4.39 Å². The SMILES string of the molecule is C#CC(CCC)NCC1Cc2cc(F)ccc2O1. The van der Waals surface area contributed by atoms with Gasteiger partial charge in [-0.3, -0.25) is 5.32 Å². The molecule has 3 heteroatoms. The van der Waals surface area contributed by atoms with Gasteiger partial charge >= 0.3 is 0 Å². The molecule has 0 aliphatic carbocycles. The van der Waals surface area contributed by atoms with Crippen molar-refractivity contribution in [2.45, 2.75) is 38.3 Å². The van der Waals surface area contributed by atoms with Gasteiger partial charge in [-0.2, -0.15) is 0 Å². The predicted molar refractivity (Wildman–Crippen MR) is 70.1 cm³/mol. The number of hydrogen-bond acceptors (Lipinski definition) is 2. The molecule has 18 heavy (non-hydrogen) atoms. The van der Waals surface area contributed by atoms with Gasteiger partial charge in [0, 0.05) is 18.5 Å². The molecule has 2 nitrogen and oxygen atoms in total. The summed E-state index contributed by atoms with van der Waals surface area (Å²) in [6, 6.07) is 4.75. The molecule has 0 amide bonds. The Balaban J connectivity index is 1.86. The largest absolute Gasteiger partial charge is 0.488 e. The molecule has 2 unspecified atom stereocenters. The van der Waals surface area contributed by atoms with E-state index in [1.165, 1.54) is 6.07 Å². The molecule has 2 atom stereocenters. The lowest BCUT2D eigenvalue weighted by molar-refractivity contribution is 0.224. The van der Waals surface area contributed by atoms with E-state index in [4.69, 9.17) is 11.2 Å². The Labute approximate surface area is 108 Å². The Morgan fingerprint density at radius 3 is 3.17 bits per heavy atom. The lowest BCUT2D eigenvalue weighted by atomic mass is 10.1. The number of fused-ring (bicyclic) bond motifs is 1. The van der Waals surface area contributed by atoms with Crippen LogP contribution >= 0.6 is 0 Å². The number of terminal acetylenes is 1. The average molecular weight is 247 g/mol. The van der Waals surface area contributed by atoms with Crippen molar-refractivity contribution < 1.29 is 9.13 Å². The highest BCUT2D eigenvalue weighted by atomic mass is 19.1. The monoisotopic (exact) mass is 247 g/mol. The van der Waals surface area contributed by atoms with Crippen LogP contribution in [0.25, 0.3) is 0 Å². The Kier molecular flexibility index (Phi) is 4.22. The van der Waals surface area contributed by atoms with Gasteiger partial charge in [-0.1, -0.05) is 19.3 Å². The van der Waals surface area contributed by atoms with Crippen LogP contribution in [0.2, 0.25) is 0 Å². The van der Waals surface area contributed by atoms with E-state index in [1.54, 1.807) is 12.1 Å². The van der Waals surface area contributed by atoms with Gasteiger partial charge in [-0.05, 0) is 24.6 Å². The Bertz CT molecular complexity index is 452. The first-order chi connectivity index (χ1) is 8.72. The first-order valence-electron chi connectivity index (χ1n) is 6.37. The number of nitrogens with one attached hydrogen (secondary N) is 1. The topological polar surface area (TPSA) is 21.3 Å². The first-order valence-corrected chi connectivity index (χ1v) is 6.37. The maximum Gasteiger partial charge on any atom is 0.123 e.